The van der Waals surface area contributed by atoms with Crippen molar-refractivity contribution in [2.24, 2.45) is 7.05 Å². The van der Waals surface area contributed by atoms with Crippen LogP contribution in [0.3, 0.4) is 0 Å². The number of nitrogens with zero attached hydrogens (tertiary/aromatic N) is 4. The first kappa shape index (κ1) is 17.9. The second-order valence-electron chi connectivity index (χ2n) is 6.81. The fraction of sp³-hybridized carbons (Fsp3) is 0.182. The van der Waals surface area contributed by atoms with Crippen LogP contribution in [0.15, 0.2) is 60.9 Å². The molecule has 140 valence electrons. The Morgan fingerprint density at radius 1 is 1.14 bits per heavy atom. The number of rotatable bonds is 4. The summed E-state index contributed by atoms with van der Waals surface area (Å²) in [6, 6.07) is 15.4. The standard InChI is InChI=1S/C22H21N5O/c1-14(16-8-5-4-6-9-16)24-22(28)19-12-18-15(2)26-27(3)21(18)25-20(19)17-10-7-11-23-13-17/h4-14H,1-3H3,(H,24,28). The Kier molecular flexibility index (Phi) is 4.61. The van der Waals surface area contributed by atoms with Gasteiger partial charge in [0.15, 0.2) is 5.65 Å². The van der Waals surface area contributed by atoms with Crippen molar-refractivity contribution in [3.63, 3.8) is 0 Å². The summed E-state index contributed by atoms with van der Waals surface area (Å²) in [5.41, 5.74) is 4.53. The molecule has 1 atom stereocenters. The topological polar surface area (TPSA) is 72.7 Å². The van der Waals surface area contributed by atoms with Crippen LogP contribution in [0.1, 0.15) is 34.6 Å². The third-order valence-corrected chi connectivity index (χ3v) is 4.83. The molecule has 6 nitrogen and oxygen atoms in total. The highest BCUT2D eigenvalue weighted by Gasteiger charge is 2.20. The first-order valence-electron chi connectivity index (χ1n) is 9.15. The Morgan fingerprint density at radius 3 is 2.64 bits per heavy atom. The van der Waals surface area contributed by atoms with Crippen molar-refractivity contribution in [3.05, 3.63) is 77.7 Å². The van der Waals surface area contributed by atoms with Crippen molar-refractivity contribution in [1.29, 1.82) is 0 Å². The number of carbonyl (C=O) groups is 1. The molecule has 0 saturated heterocycles. The van der Waals surface area contributed by atoms with Crippen LogP contribution in [0.2, 0.25) is 0 Å². The molecule has 0 spiro atoms. The van der Waals surface area contributed by atoms with Crippen LogP contribution < -0.4 is 5.32 Å². The van der Waals surface area contributed by atoms with Crippen molar-refractivity contribution in [2.45, 2.75) is 19.9 Å². The van der Waals surface area contributed by atoms with Gasteiger partial charge in [-0.2, -0.15) is 5.10 Å². The molecule has 4 rings (SSSR count). The molecule has 0 bridgehead atoms. The Morgan fingerprint density at radius 2 is 1.93 bits per heavy atom. The predicted molar refractivity (Wildman–Crippen MR) is 109 cm³/mol. The number of hydrogen-bond donors (Lipinski definition) is 1. The number of nitrogens with one attached hydrogen (secondary N) is 1. The van der Waals surface area contributed by atoms with Crippen LogP contribution >= 0.6 is 0 Å². The molecule has 3 heterocycles. The van der Waals surface area contributed by atoms with E-state index in [0.29, 0.717) is 11.3 Å². The first-order chi connectivity index (χ1) is 13.5. The van der Waals surface area contributed by atoms with E-state index in [9.17, 15) is 4.79 Å². The number of aryl methyl sites for hydroxylation is 2. The number of fused-ring (bicyclic) bond motifs is 1. The summed E-state index contributed by atoms with van der Waals surface area (Å²) >= 11 is 0. The lowest BCUT2D eigenvalue weighted by atomic mass is 10.0. The van der Waals surface area contributed by atoms with Gasteiger partial charge in [0, 0.05) is 30.4 Å². The van der Waals surface area contributed by atoms with E-state index >= 15 is 0 Å². The zero-order valence-electron chi connectivity index (χ0n) is 16.0. The number of hydrogen-bond acceptors (Lipinski definition) is 4. The summed E-state index contributed by atoms with van der Waals surface area (Å²) in [7, 11) is 1.85. The smallest absolute Gasteiger partial charge is 0.253 e. The van der Waals surface area contributed by atoms with E-state index in [1.165, 1.54) is 0 Å². The van der Waals surface area contributed by atoms with Gasteiger partial charge in [-0.3, -0.25) is 14.5 Å². The third-order valence-electron chi connectivity index (χ3n) is 4.83. The molecule has 0 fully saturated rings. The molecule has 0 radical (unpaired) electrons. The zero-order chi connectivity index (χ0) is 19.7. The maximum absolute atomic E-state index is 13.2. The second kappa shape index (κ2) is 7.23. The van der Waals surface area contributed by atoms with Crippen LogP contribution in [0.4, 0.5) is 0 Å². The second-order valence-corrected chi connectivity index (χ2v) is 6.81. The highest BCUT2D eigenvalue weighted by molar-refractivity contribution is 6.03. The van der Waals surface area contributed by atoms with Gasteiger partial charge in [0.2, 0.25) is 0 Å². The summed E-state index contributed by atoms with van der Waals surface area (Å²) in [6.45, 7) is 3.89. The SMILES string of the molecule is Cc1nn(C)c2nc(-c3cccnc3)c(C(=O)NC(C)c3ccccc3)cc12. The lowest BCUT2D eigenvalue weighted by Gasteiger charge is -2.16. The van der Waals surface area contributed by atoms with Crippen LogP contribution in [0, 0.1) is 6.92 Å². The van der Waals surface area contributed by atoms with Crippen molar-refractivity contribution < 1.29 is 4.79 Å². The lowest BCUT2D eigenvalue weighted by Crippen LogP contribution is -2.27. The van der Waals surface area contributed by atoms with E-state index in [2.05, 4.69) is 15.4 Å². The number of aromatic nitrogens is 4. The van der Waals surface area contributed by atoms with Gasteiger partial charge in [-0.15, -0.1) is 0 Å². The Bertz CT molecular complexity index is 1140. The molecule has 3 aromatic heterocycles. The molecule has 0 aliphatic heterocycles. The maximum Gasteiger partial charge on any atom is 0.253 e. The van der Waals surface area contributed by atoms with Gasteiger partial charge in [0.25, 0.3) is 5.91 Å². The molecule has 1 aromatic carbocycles. The summed E-state index contributed by atoms with van der Waals surface area (Å²) in [5.74, 6) is -0.173. The maximum atomic E-state index is 13.2. The average molecular weight is 371 g/mol. The molecule has 1 unspecified atom stereocenters. The summed E-state index contributed by atoms with van der Waals surface area (Å²) < 4.78 is 1.73. The molecular formula is C22H21N5O. The Hall–Kier alpha value is -3.54. The molecule has 28 heavy (non-hydrogen) atoms. The van der Waals surface area contributed by atoms with Gasteiger partial charge < -0.3 is 5.32 Å². The van der Waals surface area contributed by atoms with E-state index in [0.717, 1.165) is 27.9 Å². The van der Waals surface area contributed by atoms with E-state index in [-0.39, 0.29) is 11.9 Å². The van der Waals surface area contributed by atoms with Crippen molar-refractivity contribution in [2.75, 3.05) is 0 Å². The van der Waals surface area contributed by atoms with E-state index in [4.69, 9.17) is 4.98 Å². The molecule has 0 saturated carbocycles. The minimum Gasteiger partial charge on any atom is -0.345 e. The normalized spacial score (nSPS) is 12.1. The Balaban J connectivity index is 1.80. The fourth-order valence-electron chi connectivity index (χ4n) is 3.34. The zero-order valence-corrected chi connectivity index (χ0v) is 16.0. The van der Waals surface area contributed by atoms with Crippen LogP contribution in [-0.4, -0.2) is 25.7 Å². The van der Waals surface area contributed by atoms with E-state index < -0.39 is 0 Å². The lowest BCUT2D eigenvalue weighted by molar-refractivity contribution is 0.0940. The highest BCUT2D eigenvalue weighted by Crippen LogP contribution is 2.27. The molecule has 0 aliphatic rings. The predicted octanol–water partition coefficient (Wildman–Crippen LogP) is 3.83. The van der Waals surface area contributed by atoms with E-state index in [1.807, 2.05) is 69.4 Å². The number of carbonyl (C=O) groups excluding carboxylic acids is 1. The quantitative estimate of drug-likeness (QED) is 0.592. The van der Waals surface area contributed by atoms with Crippen molar-refractivity contribution in [1.82, 2.24) is 25.1 Å². The number of pyridine rings is 2. The highest BCUT2D eigenvalue weighted by atomic mass is 16.1. The summed E-state index contributed by atoms with van der Waals surface area (Å²) in [5, 5.41) is 8.40. The van der Waals surface area contributed by atoms with Crippen LogP contribution in [0.25, 0.3) is 22.3 Å². The van der Waals surface area contributed by atoms with Gasteiger partial charge in [-0.1, -0.05) is 30.3 Å². The largest absolute Gasteiger partial charge is 0.345 e. The van der Waals surface area contributed by atoms with Crippen molar-refractivity contribution >= 4 is 16.9 Å². The van der Waals surface area contributed by atoms with Gasteiger partial charge in [-0.25, -0.2) is 4.98 Å². The summed E-state index contributed by atoms with van der Waals surface area (Å²) in [4.78, 5) is 22.1. The molecule has 0 aliphatic carbocycles. The first-order valence-corrected chi connectivity index (χ1v) is 9.15. The molecular weight excluding hydrogens is 350 g/mol. The molecule has 4 aromatic rings. The van der Waals surface area contributed by atoms with Crippen molar-refractivity contribution in [3.8, 4) is 11.3 Å². The minimum atomic E-state index is -0.173. The number of amides is 1. The van der Waals surface area contributed by atoms with Crippen LogP contribution in [-0.2, 0) is 7.05 Å². The third kappa shape index (κ3) is 3.24. The van der Waals surface area contributed by atoms with Gasteiger partial charge in [0.05, 0.1) is 23.0 Å². The monoisotopic (exact) mass is 371 g/mol. The van der Waals surface area contributed by atoms with Gasteiger partial charge in [-0.05, 0) is 37.6 Å². The van der Waals surface area contributed by atoms with Crippen LogP contribution in [0.5, 0.6) is 0 Å². The molecule has 1 amide bonds. The summed E-state index contributed by atoms with van der Waals surface area (Å²) in [6.07, 6.45) is 3.42. The Labute approximate surface area is 163 Å². The number of benzene rings is 1. The average Bonchev–Trinajstić information content (AvgIpc) is 3.01. The fourth-order valence-corrected chi connectivity index (χ4v) is 3.34. The van der Waals surface area contributed by atoms with E-state index in [1.54, 1.807) is 17.1 Å². The molecule has 1 N–H and O–H groups in total. The van der Waals surface area contributed by atoms with Gasteiger partial charge in [0.1, 0.15) is 0 Å². The molecule has 6 heteroatoms. The van der Waals surface area contributed by atoms with Gasteiger partial charge >= 0.3 is 0 Å². The minimum absolute atomic E-state index is 0.124.